The highest BCUT2D eigenvalue weighted by atomic mass is 35.7. The minimum absolute atomic E-state index is 0.141. The molecular weight excluding hydrogens is 329 g/mol. The Hall–Kier alpha value is -1.73. The molecule has 0 radical (unpaired) electrons. The van der Waals surface area contributed by atoms with E-state index >= 15 is 0 Å². The molecule has 21 heavy (non-hydrogen) atoms. The van der Waals surface area contributed by atoms with Crippen molar-refractivity contribution in [2.45, 2.75) is 11.1 Å². The van der Waals surface area contributed by atoms with Crippen LogP contribution in [-0.2, 0) is 15.2 Å². The van der Waals surface area contributed by atoms with Gasteiger partial charge in [-0.25, -0.2) is 8.42 Å². The summed E-state index contributed by atoms with van der Waals surface area (Å²) in [7, 11) is 0.504. The van der Waals surface area contributed by atoms with Crippen LogP contribution in [0.4, 0.5) is 13.2 Å². The molecule has 0 aliphatic heterocycles. The van der Waals surface area contributed by atoms with Gasteiger partial charge < -0.3 is 4.74 Å². The molecule has 8 heteroatoms. The molecule has 0 aromatic heterocycles. The molecule has 2 aromatic rings. The highest BCUT2D eigenvalue weighted by Gasteiger charge is 2.37. The van der Waals surface area contributed by atoms with E-state index in [9.17, 15) is 21.6 Å². The number of hydrogen-bond donors (Lipinski definition) is 0. The molecule has 0 amide bonds. The smallest absolute Gasteiger partial charge is 0.417 e. The second-order valence-electron chi connectivity index (χ2n) is 4.01. The van der Waals surface area contributed by atoms with Gasteiger partial charge in [-0.1, -0.05) is 18.2 Å². The van der Waals surface area contributed by atoms with E-state index in [0.717, 1.165) is 12.1 Å². The van der Waals surface area contributed by atoms with Gasteiger partial charge in [0.15, 0.2) is 0 Å². The first-order chi connectivity index (χ1) is 9.68. The van der Waals surface area contributed by atoms with Crippen LogP contribution in [0.5, 0.6) is 11.5 Å². The van der Waals surface area contributed by atoms with Crippen molar-refractivity contribution >= 4 is 19.7 Å². The highest BCUT2D eigenvalue weighted by Crippen LogP contribution is 2.38. The summed E-state index contributed by atoms with van der Waals surface area (Å²) < 4.78 is 66.4. The second kappa shape index (κ2) is 5.57. The summed E-state index contributed by atoms with van der Waals surface area (Å²) in [5.41, 5.74) is -1.37. The molecule has 2 rings (SSSR count). The van der Waals surface area contributed by atoms with Crippen LogP contribution in [0.25, 0.3) is 0 Å². The van der Waals surface area contributed by atoms with Gasteiger partial charge in [-0.15, -0.1) is 0 Å². The number of rotatable bonds is 3. The zero-order valence-corrected chi connectivity index (χ0v) is 11.8. The summed E-state index contributed by atoms with van der Waals surface area (Å²) in [5, 5.41) is 0. The van der Waals surface area contributed by atoms with Gasteiger partial charge in [0.2, 0.25) is 0 Å². The molecule has 0 saturated heterocycles. The van der Waals surface area contributed by atoms with Crippen molar-refractivity contribution in [3.05, 3.63) is 54.1 Å². The first-order valence-corrected chi connectivity index (χ1v) is 7.88. The van der Waals surface area contributed by atoms with Gasteiger partial charge in [-0.2, -0.15) is 13.2 Å². The lowest BCUT2D eigenvalue weighted by Crippen LogP contribution is -2.10. The van der Waals surface area contributed by atoms with Crippen molar-refractivity contribution < 1.29 is 26.3 Å². The second-order valence-corrected chi connectivity index (χ2v) is 6.54. The third kappa shape index (κ3) is 3.89. The van der Waals surface area contributed by atoms with E-state index < -0.39 is 25.7 Å². The summed E-state index contributed by atoms with van der Waals surface area (Å²) >= 11 is 0. The van der Waals surface area contributed by atoms with Crippen molar-refractivity contribution in [3.63, 3.8) is 0 Å². The van der Waals surface area contributed by atoms with Crippen LogP contribution in [0.1, 0.15) is 5.56 Å². The van der Waals surface area contributed by atoms with Crippen molar-refractivity contribution in [1.82, 2.24) is 0 Å². The molecule has 0 saturated carbocycles. The summed E-state index contributed by atoms with van der Waals surface area (Å²) in [6.07, 6.45) is -4.87. The third-order valence-corrected chi connectivity index (χ3v) is 3.88. The van der Waals surface area contributed by atoms with Gasteiger partial charge in [0, 0.05) is 10.7 Å². The zero-order chi connectivity index (χ0) is 15.7. The maximum atomic E-state index is 12.9. The normalized spacial score (nSPS) is 12.2. The van der Waals surface area contributed by atoms with Crippen LogP contribution in [0.2, 0.25) is 0 Å². The average Bonchev–Trinajstić information content (AvgIpc) is 2.37. The molecular formula is C13H8ClF3O3S. The Morgan fingerprint density at radius 1 is 0.952 bits per heavy atom. The number of benzene rings is 2. The number of ether oxygens (including phenoxy) is 1. The topological polar surface area (TPSA) is 43.4 Å². The SMILES string of the molecule is O=S(=O)(Cl)c1ccc(Oc2ccccc2)cc1C(F)(F)F. The van der Waals surface area contributed by atoms with Crippen LogP contribution < -0.4 is 4.74 Å². The first kappa shape index (κ1) is 15.7. The number of alkyl halides is 3. The minimum Gasteiger partial charge on any atom is -0.457 e. The molecule has 112 valence electrons. The summed E-state index contributed by atoms with van der Waals surface area (Å²) in [4.78, 5) is -1.00. The minimum atomic E-state index is -4.87. The fourth-order valence-electron chi connectivity index (χ4n) is 1.63. The maximum Gasteiger partial charge on any atom is 0.417 e. The molecule has 2 aromatic carbocycles. The van der Waals surface area contributed by atoms with Crippen molar-refractivity contribution in [3.8, 4) is 11.5 Å². The molecule has 0 bridgehead atoms. The quantitative estimate of drug-likeness (QED) is 0.779. The van der Waals surface area contributed by atoms with E-state index in [-0.39, 0.29) is 5.75 Å². The number of halogens is 4. The van der Waals surface area contributed by atoms with Crippen molar-refractivity contribution in [2.75, 3.05) is 0 Å². The first-order valence-electron chi connectivity index (χ1n) is 5.57. The molecule has 0 spiro atoms. The molecule has 3 nitrogen and oxygen atoms in total. The molecule has 0 fully saturated rings. The molecule has 0 atom stereocenters. The van der Waals surface area contributed by atoms with Crippen LogP contribution in [0.15, 0.2) is 53.4 Å². The van der Waals surface area contributed by atoms with E-state index in [1.54, 1.807) is 30.3 Å². The van der Waals surface area contributed by atoms with E-state index in [4.69, 9.17) is 15.4 Å². The predicted molar refractivity (Wildman–Crippen MR) is 71.0 cm³/mol. The van der Waals surface area contributed by atoms with Crippen molar-refractivity contribution in [2.24, 2.45) is 0 Å². The number of hydrogen-bond acceptors (Lipinski definition) is 3. The Balaban J connectivity index is 2.48. The third-order valence-electron chi connectivity index (χ3n) is 2.50. The Labute approximate surface area is 123 Å². The summed E-state index contributed by atoms with van der Waals surface area (Å²) in [5.74, 6) is 0.185. The molecule has 0 unspecified atom stereocenters. The van der Waals surface area contributed by atoms with Gasteiger partial charge in [0.1, 0.15) is 11.5 Å². The predicted octanol–water partition coefficient (Wildman–Crippen LogP) is 4.43. The highest BCUT2D eigenvalue weighted by molar-refractivity contribution is 8.13. The molecule has 0 heterocycles. The lowest BCUT2D eigenvalue weighted by Gasteiger charge is -2.13. The van der Waals surface area contributed by atoms with Gasteiger partial charge in [-0.05, 0) is 30.3 Å². The standard InChI is InChI=1S/C13H8ClF3O3S/c14-21(18,19)12-7-6-10(8-11(12)13(15,16)17)20-9-4-2-1-3-5-9/h1-8H. The maximum absolute atomic E-state index is 12.9. The molecule has 0 aliphatic rings. The zero-order valence-electron chi connectivity index (χ0n) is 10.3. The van der Waals surface area contributed by atoms with E-state index in [1.807, 2.05) is 0 Å². The Kier molecular flexibility index (Phi) is 4.15. The molecule has 0 aliphatic carbocycles. The number of para-hydroxylation sites is 1. The van der Waals surface area contributed by atoms with Crippen LogP contribution in [-0.4, -0.2) is 8.42 Å². The van der Waals surface area contributed by atoms with E-state index in [0.29, 0.717) is 11.8 Å². The van der Waals surface area contributed by atoms with E-state index in [2.05, 4.69) is 0 Å². The largest absolute Gasteiger partial charge is 0.457 e. The Bertz CT molecular complexity index is 743. The fraction of sp³-hybridized carbons (Fsp3) is 0.0769. The lowest BCUT2D eigenvalue weighted by molar-refractivity contribution is -0.139. The molecule has 0 N–H and O–H groups in total. The van der Waals surface area contributed by atoms with Crippen LogP contribution >= 0.6 is 10.7 Å². The summed E-state index contributed by atoms with van der Waals surface area (Å²) in [6, 6.07) is 10.6. The van der Waals surface area contributed by atoms with Crippen molar-refractivity contribution in [1.29, 1.82) is 0 Å². The van der Waals surface area contributed by atoms with Gasteiger partial charge >= 0.3 is 6.18 Å². The summed E-state index contributed by atoms with van der Waals surface area (Å²) in [6.45, 7) is 0. The fourth-order valence-corrected chi connectivity index (χ4v) is 2.70. The van der Waals surface area contributed by atoms with E-state index in [1.165, 1.54) is 0 Å². The van der Waals surface area contributed by atoms with Gasteiger partial charge in [0.25, 0.3) is 9.05 Å². The van der Waals surface area contributed by atoms with Gasteiger partial charge in [-0.3, -0.25) is 0 Å². The van der Waals surface area contributed by atoms with Crippen LogP contribution in [0.3, 0.4) is 0 Å². The average molecular weight is 337 g/mol. The van der Waals surface area contributed by atoms with Gasteiger partial charge in [0.05, 0.1) is 10.5 Å². The lowest BCUT2D eigenvalue weighted by atomic mass is 10.2. The Morgan fingerprint density at radius 2 is 1.57 bits per heavy atom. The monoisotopic (exact) mass is 336 g/mol. The Morgan fingerprint density at radius 3 is 2.10 bits per heavy atom. The van der Waals surface area contributed by atoms with Crippen LogP contribution in [0, 0.1) is 0 Å².